The second kappa shape index (κ2) is 9.83. The summed E-state index contributed by atoms with van der Waals surface area (Å²) in [4.78, 5) is 14.7. The third-order valence-corrected chi connectivity index (χ3v) is 0.608. The van der Waals surface area contributed by atoms with E-state index in [-0.39, 0.29) is 29.6 Å². The minimum absolute atomic E-state index is 0. The normalized spacial score (nSPS) is 8.91. The molecule has 6 nitrogen and oxygen atoms in total. The van der Waals surface area contributed by atoms with Crippen LogP contribution < -0.4 is 11.3 Å². The molecule has 0 fully saturated rings. The van der Waals surface area contributed by atoms with Gasteiger partial charge in [-0.1, -0.05) is 12.0 Å². The molecule has 0 unspecified atom stereocenters. The number of amides is 2. The van der Waals surface area contributed by atoms with Crippen molar-refractivity contribution in [2.75, 3.05) is 6.61 Å². The van der Waals surface area contributed by atoms with Crippen molar-refractivity contribution < 1.29 is 9.63 Å². The van der Waals surface area contributed by atoms with Gasteiger partial charge in [-0.15, -0.1) is 0 Å². The van der Waals surface area contributed by atoms with Crippen LogP contribution in [-0.4, -0.2) is 42.2 Å². The largest absolute Gasteiger partial charge is 0.379 e. The summed E-state index contributed by atoms with van der Waals surface area (Å²) in [6.07, 6.45) is 0.823. The van der Waals surface area contributed by atoms with Crippen molar-refractivity contribution in [3.63, 3.8) is 0 Å². The van der Waals surface area contributed by atoms with E-state index in [1.165, 1.54) is 0 Å². The molecular weight excluding hydrogens is 159 g/mol. The van der Waals surface area contributed by atoms with Crippen LogP contribution in [0.5, 0.6) is 0 Å². The number of hydrazine groups is 1. The number of hydrogen-bond donors (Lipinski definition) is 2. The summed E-state index contributed by atoms with van der Waals surface area (Å²) in [7, 11) is 0. The first-order valence-corrected chi connectivity index (χ1v) is 2.84. The topological polar surface area (TPSA) is 89.1 Å². The van der Waals surface area contributed by atoms with Gasteiger partial charge in [0.15, 0.2) is 0 Å². The van der Waals surface area contributed by atoms with E-state index in [9.17, 15) is 4.79 Å². The van der Waals surface area contributed by atoms with E-state index in [0.29, 0.717) is 6.61 Å². The number of carbonyl (C=O) groups is 1. The third-order valence-electron chi connectivity index (χ3n) is 0.608. The fraction of sp³-hybridized carbons (Fsp3) is 0.750. The Morgan fingerprint density at radius 1 is 1.73 bits per heavy atom. The fourth-order valence-electron chi connectivity index (χ4n) is 0.227. The van der Waals surface area contributed by atoms with Gasteiger partial charge in [0.2, 0.25) is 0 Å². The number of hydrogen-bond acceptors (Lipinski definition) is 4. The molecule has 0 aliphatic carbocycles. The quantitative estimate of drug-likeness (QED) is 0.155. The standard InChI is InChI=1S/C4H10N4O2.Na/c1-2-3-10-8-7-4(9)6-5;/h2-3,5H2,1H3,(H,6,9);. The molecule has 0 aliphatic heterocycles. The molecular formula is C4H10N4NaO2. The number of nitrogens with one attached hydrogen (secondary N) is 1. The number of rotatable bonds is 3. The maximum absolute atomic E-state index is 10.2. The molecule has 0 aromatic heterocycles. The van der Waals surface area contributed by atoms with E-state index in [0.717, 1.165) is 6.42 Å². The van der Waals surface area contributed by atoms with Gasteiger partial charge >= 0.3 is 6.03 Å². The number of carbonyl (C=O) groups excluding carboxylic acids is 1. The van der Waals surface area contributed by atoms with Crippen LogP contribution in [0.15, 0.2) is 10.4 Å². The van der Waals surface area contributed by atoms with Crippen LogP contribution in [0.3, 0.4) is 0 Å². The van der Waals surface area contributed by atoms with Crippen molar-refractivity contribution >= 4 is 35.6 Å². The minimum Gasteiger partial charge on any atom is -0.379 e. The van der Waals surface area contributed by atoms with Gasteiger partial charge in [-0.25, -0.2) is 10.6 Å². The summed E-state index contributed by atoms with van der Waals surface area (Å²) in [5.74, 6) is 4.68. The summed E-state index contributed by atoms with van der Waals surface area (Å²) >= 11 is 0. The third kappa shape index (κ3) is 9.83. The SMILES string of the molecule is CCCON=NC(=O)NN.[Na]. The predicted octanol–water partition coefficient (Wildman–Crippen LogP) is -0.0173. The second-order valence-electron chi connectivity index (χ2n) is 1.46. The number of urea groups is 1. The van der Waals surface area contributed by atoms with Gasteiger partial charge in [0.1, 0.15) is 6.61 Å². The maximum Gasteiger partial charge on any atom is 0.376 e. The Hall–Kier alpha value is -0.170. The van der Waals surface area contributed by atoms with Crippen LogP contribution in [0.25, 0.3) is 0 Å². The van der Waals surface area contributed by atoms with E-state index in [1.807, 2.05) is 6.92 Å². The van der Waals surface area contributed by atoms with E-state index >= 15 is 0 Å². The zero-order valence-corrected chi connectivity index (χ0v) is 8.70. The molecule has 0 bridgehead atoms. The van der Waals surface area contributed by atoms with Gasteiger partial charge in [-0.2, -0.15) is 0 Å². The average Bonchev–Trinajstić information content (AvgIpc) is 1.98. The molecule has 0 rings (SSSR count). The van der Waals surface area contributed by atoms with Crippen molar-refractivity contribution in [2.24, 2.45) is 16.2 Å². The Labute approximate surface area is 86.8 Å². The van der Waals surface area contributed by atoms with E-state index < -0.39 is 6.03 Å². The molecule has 7 heteroatoms. The number of nitrogens with zero attached hydrogens (tertiary/aromatic N) is 2. The Bertz CT molecular complexity index is 129. The Kier molecular flexibility index (Phi) is 12.0. The van der Waals surface area contributed by atoms with Crippen LogP contribution in [0, 0.1) is 0 Å². The van der Waals surface area contributed by atoms with Crippen molar-refractivity contribution in [3.8, 4) is 0 Å². The van der Waals surface area contributed by atoms with Crippen molar-refractivity contribution in [3.05, 3.63) is 0 Å². The first kappa shape index (κ1) is 13.4. The van der Waals surface area contributed by atoms with Gasteiger partial charge < -0.3 is 4.84 Å². The molecule has 0 aliphatic rings. The van der Waals surface area contributed by atoms with Gasteiger partial charge in [-0.3, -0.25) is 5.43 Å². The zero-order valence-electron chi connectivity index (χ0n) is 6.70. The van der Waals surface area contributed by atoms with Gasteiger partial charge in [0.05, 0.1) is 0 Å². The van der Waals surface area contributed by atoms with Gasteiger partial charge in [0, 0.05) is 34.8 Å². The summed E-state index contributed by atoms with van der Waals surface area (Å²) in [5, 5.41) is 6.07. The number of nitrogens with two attached hydrogens (primary N) is 1. The molecule has 1 radical (unpaired) electrons. The predicted molar refractivity (Wildman–Crippen MR) is 39.6 cm³/mol. The second-order valence-corrected chi connectivity index (χ2v) is 1.46. The van der Waals surface area contributed by atoms with Crippen LogP contribution in [-0.2, 0) is 4.84 Å². The molecule has 3 N–H and O–H groups in total. The monoisotopic (exact) mass is 169 g/mol. The van der Waals surface area contributed by atoms with Crippen LogP contribution >= 0.6 is 0 Å². The first-order valence-electron chi connectivity index (χ1n) is 2.84. The first-order chi connectivity index (χ1) is 4.81. The molecule has 0 heterocycles. The molecule has 0 saturated heterocycles. The molecule has 0 saturated carbocycles. The van der Waals surface area contributed by atoms with E-state index in [2.05, 4.69) is 21.1 Å². The maximum atomic E-state index is 10.2. The Morgan fingerprint density at radius 3 is 2.82 bits per heavy atom. The Balaban J connectivity index is 0. The van der Waals surface area contributed by atoms with Crippen LogP contribution in [0.1, 0.15) is 13.3 Å². The van der Waals surface area contributed by atoms with Crippen molar-refractivity contribution in [1.29, 1.82) is 0 Å². The summed E-state index contributed by atoms with van der Waals surface area (Å²) in [5.41, 5.74) is 1.76. The van der Waals surface area contributed by atoms with E-state index in [4.69, 9.17) is 0 Å². The Morgan fingerprint density at radius 2 is 2.36 bits per heavy atom. The smallest absolute Gasteiger partial charge is 0.376 e. The summed E-state index contributed by atoms with van der Waals surface area (Å²) < 4.78 is 0. The van der Waals surface area contributed by atoms with Crippen molar-refractivity contribution in [2.45, 2.75) is 13.3 Å². The molecule has 0 aromatic rings. The van der Waals surface area contributed by atoms with E-state index in [1.54, 1.807) is 5.43 Å². The molecule has 59 valence electrons. The van der Waals surface area contributed by atoms with Crippen LogP contribution in [0.4, 0.5) is 4.79 Å². The minimum atomic E-state index is -0.726. The van der Waals surface area contributed by atoms with Crippen molar-refractivity contribution in [1.82, 2.24) is 5.43 Å². The molecule has 0 aromatic carbocycles. The molecule has 11 heavy (non-hydrogen) atoms. The average molecular weight is 169 g/mol. The fourth-order valence-corrected chi connectivity index (χ4v) is 0.227. The molecule has 0 atom stereocenters. The summed E-state index contributed by atoms with van der Waals surface area (Å²) in [6, 6.07) is -0.726. The van der Waals surface area contributed by atoms with Crippen LogP contribution in [0.2, 0.25) is 0 Å². The molecule has 2 amide bonds. The summed E-state index contributed by atoms with van der Waals surface area (Å²) in [6.45, 7) is 2.36. The van der Waals surface area contributed by atoms with Gasteiger partial charge in [0.25, 0.3) is 0 Å². The van der Waals surface area contributed by atoms with Gasteiger partial charge in [-0.05, 0) is 6.42 Å². The zero-order chi connectivity index (χ0) is 7.82. The molecule has 0 spiro atoms.